The van der Waals surface area contributed by atoms with Crippen LogP contribution in [0.5, 0.6) is 0 Å². The third-order valence-electron chi connectivity index (χ3n) is 4.27. The van der Waals surface area contributed by atoms with E-state index in [-0.39, 0.29) is 17.7 Å². The van der Waals surface area contributed by atoms with Gasteiger partial charge >= 0.3 is 0 Å². The Hall–Kier alpha value is -0.790. The van der Waals surface area contributed by atoms with Crippen LogP contribution in [0.25, 0.3) is 0 Å². The molecule has 2 amide bonds. The molecule has 0 radical (unpaired) electrons. The van der Waals surface area contributed by atoms with Gasteiger partial charge in [-0.1, -0.05) is 0 Å². The fraction of sp³-hybridized carbons (Fsp3) is 0.846. The second-order valence-electron chi connectivity index (χ2n) is 5.60. The number of piperidine rings is 1. The second kappa shape index (κ2) is 7.28. The Bertz CT molecular complexity index is 352. The van der Waals surface area contributed by atoms with Crippen molar-refractivity contribution in [2.24, 2.45) is 11.8 Å². The molecule has 6 nitrogen and oxygen atoms in total. The molecule has 114 valence electrons. The molecule has 2 aliphatic rings. The molecule has 7 heteroatoms. The maximum Gasteiger partial charge on any atom is 0.237 e. The van der Waals surface area contributed by atoms with E-state index in [0.717, 1.165) is 5.75 Å². The zero-order chi connectivity index (χ0) is 14.5. The van der Waals surface area contributed by atoms with Gasteiger partial charge in [0.15, 0.2) is 0 Å². The van der Waals surface area contributed by atoms with Gasteiger partial charge in [0.05, 0.1) is 6.54 Å². The van der Waals surface area contributed by atoms with Gasteiger partial charge in [0.25, 0.3) is 0 Å². The minimum atomic E-state index is -0.114. The molecular formula is C13H24N4O2S. The zero-order valence-electron chi connectivity index (χ0n) is 12.0. The highest BCUT2D eigenvalue weighted by Gasteiger charge is 2.28. The normalized spacial score (nSPS) is 24.1. The molecule has 0 aromatic heterocycles. The molecule has 2 saturated heterocycles. The van der Waals surface area contributed by atoms with E-state index < -0.39 is 0 Å². The Kier molecular flexibility index (Phi) is 5.68. The number of carbonyl (C=O) groups is 2. The van der Waals surface area contributed by atoms with Crippen LogP contribution >= 0.6 is 11.8 Å². The van der Waals surface area contributed by atoms with Gasteiger partial charge in [0, 0.05) is 30.8 Å². The van der Waals surface area contributed by atoms with Gasteiger partial charge in [-0.25, -0.2) is 5.84 Å². The highest BCUT2D eigenvalue weighted by atomic mass is 32.2. The quantitative estimate of drug-likeness (QED) is 0.422. The summed E-state index contributed by atoms with van der Waals surface area (Å²) in [7, 11) is 2.03. The number of amides is 2. The van der Waals surface area contributed by atoms with E-state index in [1.807, 2.05) is 23.7 Å². The van der Waals surface area contributed by atoms with E-state index >= 15 is 0 Å². The lowest BCUT2D eigenvalue weighted by molar-refractivity contribution is -0.136. The topological polar surface area (TPSA) is 78.7 Å². The van der Waals surface area contributed by atoms with Crippen LogP contribution in [0.3, 0.4) is 0 Å². The molecular weight excluding hydrogens is 276 g/mol. The molecule has 0 bridgehead atoms. The Morgan fingerprint density at radius 3 is 2.60 bits per heavy atom. The van der Waals surface area contributed by atoms with Crippen LogP contribution in [0.2, 0.25) is 0 Å². The SMILES string of the molecule is CN(CC(=O)N1CCC(C(=O)NN)CC1)C1CCSC1. The van der Waals surface area contributed by atoms with Gasteiger partial charge in [0.1, 0.15) is 0 Å². The van der Waals surface area contributed by atoms with Crippen LogP contribution in [0.1, 0.15) is 19.3 Å². The van der Waals surface area contributed by atoms with Crippen LogP contribution in [-0.4, -0.2) is 65.8 Å². The van der Waals surface area contributed by atoms with Gasteiger partial charge < -0.3 is 4.90 Å². The molecule has 1 atom stereocenters. The van der Waals surface area contributed by atoms with Crippen molar-refractivity contribution in [3.05, 3.63) is 0 Å². The van der Waals surface area contributed by atoms with Gasteiger partial charge in [0.2, 0.25) is 11.8 Å². The standard InChI is InChI=1S/C13H24N4O2S/c1-16(11-4-7-20-9-11)8-12(18)17-5-2-10(3-6-17)13(19)15-14/h10-11H,2-9,14H2,1H3,(H,15,19). The summed E-state index contributed by atoms with van der Waals surface area (Å²) < 4.78 is 0. The summed E-state index contributed by atoms with van der Waals surface area (Å²) in [6.45, 7) is 1.80. The third kappa shape index (κ3) is 3.86. The molecule has 1 unspecified atom stereocenters. The molecule has 20 heavy (non-hydrogen) atoms. The number of likely N-dealkylation sites (N-methyl/N-ethyl adjacent to an activating group) is 1. The number of nitrogens with one attached hydrogen (secondary N) is 1. The Morgan fingerprint density at radius 2 is 2.05 bits per heavy atom. The van der Waals surface area contributed by atoms with E-state index in [1.165, 1.54) is 12.2 Å². The van der Waals surface area contributed by atoms with Crippen molar-refractivity contribution in [1.29, 1.82) is 0 Å². The van der Waals surface area contributed by atoms with Crippen molar-refractivity contribution < 1.29 is 9.59 Å². The zero-order valence-corrected chi connectivity index (χ0v) is 12.8. The molecule has 0 spiro atoms. The first-order valence-electron chi connectivity index (χ1n) is 7.18. The second-order valence-corrected chi connectivity index (χ2v) is 6.75. The molecule has 3 N–H and O–H groups in total. The number of rotatable bonds is 4. The van der Waals surface area contributed by atoms with Crippen molar-refractivity contribution in [3.8, 4) is 0 Å². The highest BCUT2D eigenvalue weighted by Crippen LogP contribution is 2.22. The van der Waals surface area contributed by atoms with Gasteiger partial charge in [-0.3, -0.25) is 19.9 Å². The predicted octanol–water partition coefficient (Wildman–Crippen LogP) is -0.348. The summed E-state index contributed by atoms with van der Waals surface area (Å²) in [5.74, 6) is 7.48. The monoisotopic (exact) mass is 300 g/mol. The Balaban J connectivity index is 1.75. The minimum absolute atomic E-state index is 0.0481. The van der Waals surface area contributed by atoms with E-state index in [0.29, 0.717) is 38.5 Å². The van der Waals surface area contributed by atoms with Gasteiger partial charge in [-0.2, -0.15) is 11.8 Å². The van der Waals surface area contributed by atoms with Crippen LogP contribution in [0, 0.1) is 5.92 Å². The largest absolute Gasteiger partial charge is 0.342 e. The number of hydrazine groups is 1. The summed E-state index contributed by atoms with van der Waals surface area (Å²) in [4.78, 5) is 27.8. The first-order valence-corrected chi connectivity index (χ1v) is 8.33. The van der Waals surface area contributed by atoms with Gasteiger partial charge in [-0.15, -0.1) is 0 Å². The fourth-order valence-electron chi connectivity index (χ4n) is 2.82. The van der Waals surface area contributed by atoms with Crippen LogP contribution < -0.4 is 11.3 Å². The first-order chi connectivity index (χ1) is 9.61. The average Bonchev–Trinajstić information content (AvgIpc) is 3.01. The lowest BCUT2D eigenvalue weighted by atomic mass is 9.96. The molecule has 0 aromatic rings. The average molecular weight is 300 g/mol. The summed E-state index contributed by atoms with van der Waals surface area (Å²) in [5, 5.41) is 0. The number of hydrogen-bond donors (Lipinski definition) is 2. The third-order valence-corrected chi connectivity index (χ3v) is 5.42. The lowest BCUT2D eigenvalue weighted by Gasteiger charge is -2.33. The van der Waals surface area contributed by atoms with Crippen LogP contribution in [-0.2, 0) is 9.59 Å². The van der Waals surface area contributed by atoms with Crippen LogP contribution in [0.15, 0.2) is 0 Å². The van der Waals surface area contributed by atoms with E-state index in [9.17, 15) is 9.59 Å². The number of nitrogens with zero attached hydrogens (tertiary/aromatic N) is 2. The van der Waals surface area contributed by atoms with Gasteiger partial charge in [-0.05, 0) is 32.1 Å². The van der Waals surface area contributed by atoms with Crippen molar-refractivity contribution in [2.45, 2.75) is 25.3 Å². The fourth-order valence-corrected chi connectivity index (χ4v) is 4.12. The molecule has 0 saturated carbocycles. The molecule has 2 heterocycles. The number of carbonyl (C=O) groups excluding carboxylic acids is 2. The molecule has 2 aliphatic heterocycles. The summed E-state index contributed by atoms with van der Waals surface area (Å²) in [5.41, 5.74) is 2.20. The first kappa shape index (κ1) is 15.6. The Morgan fingerprint density at radius 1 is 1.35 bits per heavy atom. The predicted molar refractivity (Wildman–Crippen MR) is 80.0 cm³/mol. The lowest BCUT2D eigenvalue weighted by Crippen LogP contribution is -2.48. The van der Waals surface area contributed by atoms with Crippen molar-refractivity contribution >= 4 is 23.6 Å². The molecule has 2 fully saturated rings. The smallest absolute Gasteiger partial charge is 0.237 e. The summed E-state index contributed by atoms with van der Waals surface area (Å²) in [6, 6.07) is 0.532. The summed E-state index contributed by atoms with van der Waals surface area (Å²) >= 11 is 1.96. The van der Waals surface area contributed by atoms with E-state index in [4.69, 9.17) is 5.84 Å². The maximum atomic E-state index is 12.3. The van der Waals surface area contributed by atoms with Crippen molar-refractivity contribution in [2.75, 3.05) is 38.2 Å². The van der Waals surface area contributed by atoms with E-state index in [2.05, 4.69) is 10.3 Å². The number of likely N-dealkylation sites (tertiary alicyclic amines) is 1. The maximum absolute atomic E-state index is 12.3. The summed E-state index contributed by atoms with van der Waals surface area (Å²) in [6.07, 6.45) is 2.59. The molecule has 2 rings (SSSR count). The number of thioether (sulfide) groups is 1. The number of nitrogens with two attached hydrogens (primary N) is 1. The highest BCUT2D eigenvalue weighted by molar-refractivity contribution is 7.99. The Labute approximate surface area is 124 Å². The van der Waals surface area contributed by atoms with Crippen molar-refractivity contribution in [3.63, 3.8) is 0 Å². The van der Waals surface area contributed by atoms with E-state index in [1.54, 1.807) is 0 Å². The van der Waals surface area contributed by atoms with Crippen LogP contribution in [0.4, 0.5) is 0 Å². The van der Waals surface area contributed by atoms with Crippen molar-refractivity contribution in [1.82, 2.24) is 15.2 Å². The minimum Gasteiger partial charge on any atom is -0.342 e. The number of hydrogen-bond acceptors (Lipinski definition) is 5. The molecule has 0 aliphatic carbocycles. The molecule has 0 aromatic carbocycles.